The summed E-state index contributed by atoms with van der Waals surface area (Å²) in [5.74, 6) is -0.365. The molecule has 1 aromatic heterocycles. The van der Waals surface area contributed by atoms with Gasteiger partial charge in [0.05, 0.1) is 11.1 Å². The summed E-state index contributed by atoms with van der Waals surface area (Å²) in [6, 6.07) is 22.5. The number of hydrogen-bond acceptors (Lipinski definition) is 5. The van der Waals surface area contributed by atoms with E-state index in [-0.39, 0.29) is 0 Å². The van der Waals surface area contributed by atoms with E-state index in [4.69, 9.17) is 16.3 Å². The number of hydrogen-bond donors (Lipinski definition) is 2. The normalized spacial score (nSPS) is 14.6. The van der Waals surface area contributed by atoms with Crippen molar-refractivity contribution in [3.05, 3.63) is 94.6 Å². The maximum atomic E-state index is 12.6. The van der Waals surface area contributed by atoms with Crippen LogP contribution < -0.4 is 5.32 Å². The Morgan fingerprint density at radius 3 is 2.24 bits per heavy atom. The van der Waals surface area contributed by atoms with Crippen LogP contribution in [0.15, 0.2) is 72.8 Å². The Morgan fingerprint density at radius 1 is 1.03 bits per heavy atom. The topological polar surface area (TPSA) is 106 Å². The SMILES string of the molecule is Cc1nnn(-c2ccc(-c3ccc(C4(C(=O)O)CC4)cc3)cc2)c1NC(=O)O[C@H](C)c1ccccc1Cl. The minimum atomic E-state index is -0.764. The van der Waals surface area contributed by atoms with Crippen LogP contribution in [0.25, 0.3) is 16.8 Å². The first kappa shape index (κ1) is 24.5. The predicted molar refractivity (Wildman–Crippen MR) is 140 cm³/mol. The molecule has 1 atom stereocenters. The molecule has 5 rings (SSSR count). The smallest absolute Gasteiger partial charge is 0.413 e. The Morgan fingerprint density at radius 2 is 1.65 bits per heavy atom. The molecule has 0 spiro atoms. The Balaban J connectivity index is 1.30. The van der Waals surface area contributed by atoms with Gasteiger partial charge in [-0.3, -0.25) is 10.1 Å². The molecule has 37 heavy (non-hydrogen) atoms. The van der Waals surface area contributed by atoms with E-state index in [0.29, 0.717) is 40.6 Å². The maximum absolute atomic E-state index is 12.6. The second kappa shape index (κ2) is 9.71. The highest BCUT2D eigenvalue weighted by Gasteiger charge is 2.51. The van der Waals surface area contributed by atoms with Crippen molar-refractivity contribution in [2.75, 3.05) is 5.32 Å². The first-order valence-corrected chi connectivity index (χ1v) is 12.3. The fourth-order valence-electron chi connectivity index (χ4n) is 4.36. The molecule has 0 aliphatic heterocycles. The van der Waals surface area contributed by atoms with Crippen LogP contribution in [-0.2, 0) is 14.9 Å². The Kier molecular flexibility index (Phi) is 6.43. The van der Waals surface area contributed by atoms with Gasteiger partial charge in [-0.2, -0.15) is 4.68 Å². The maximum Gasteiger partial charge on any atom is 0.413 e. The van der Waals surface area contributed by atoms with Crippen LogP contribution in [0.4, 0.5) is 10.6 Å². The van der Waals surface area contributed by atoms with E-state index >= 15 is 0 Å². The third-order valence-corrected chi connectivity index (χ3v) is 7.07. The molecule has 0 saturated heterocycles. The quantitative estimate of drug-likeness (QED) is 0.297. The molecule has 0 radical (unpaired) electrons. The number of aromatic nitrogens is 3. The van der Waals surface area contributed by atoms with Crippen LogP contribution in [0.5, 0.6) is 0 Å². The van der Waals surface area contributed by atoms with Crippen molar-refractivity contribution in [2.45, 2.75) is 38.2 Å². The first-order valence-electron chi connectivity index (χ1n) is 11.9. The van der Waals surface area contributed by atoms with Crippen molar-refractivity contribution in [3.8, 4) is 16.8 Å². The van der Waals surface area contributed by atoms with Crippen molar-refractivity contribution in [2.24, 2.45) is 0 Å². The van der Waals surface area contributed by atoms with Crippen LogP contribution >= 0.6 is 11.6 Å². The first-order chi connectivity index (χ1) is 17.8. The van der Waals surface area contributed by atoms with Gasteiger partial charge in [-0.05, 0) is 61.6 Å². The van der Waals surface area contributed by atoms with Gasteiger partial charge in [0.25, 0.3) is 0 Å². The van der Waals surface area contributed by atoms with Crippen molar-refractivity contribution >= 4 is 29.5 Å². The van der Waals surface area contributed by atoms with Crippen LogP contribution in [-0.4, -0.2) is 32.2 Å². The number of carboxylic acids is 1. The average molecular weight is 517 g/mol. The van der Waals surface area contributed by atoms with Gasteiger partial charge in [-0.15, -0.1) is 5.10 Å². The molecule has 4 aromatic rings. The molecule has 1 aliphatic rings. The number of nitrogens with zero attached hydrogens (tertiary/aromatic N) is 3. The van der Waals surface area contributed by atoms with Gasteiger partial charge < -0.3 is 9.84 Å². The Hall–Kier alpha value is -4.17. The average Bonchev–Trinajstić information content (AvgIpc) is 3.64. The van der Waals surface area contributed by atoms with Gasteiger partial charge in [-0.1, -0.05) is 71.4 Å². The molecule has 0 unspecified atom stereocenters. The number of carboxylic acid groups (broad SMARTS) is 1. The number of halogens is 1. The zero-order valence-electron chi connectivity index (χ0n) is 20.3. The number of benzene rings is 3. The van der Waals surface area contributed by atoms with Crippen LogP contribution in [0.2, 0.25) is 5.02 Å². The summed E-state index contributed by atoms with van der Waals surface area (Å²) in [6.07, 6.45) is 0.160. The summed E-state index contributed by atoms with van der Waals surface area (Å²) in [7, 11) is 0. The monoisotopic (exact) mass is 516 g/mol. The third kappa shape index (κ3) is 4.80. The largest absolute Gasteiger partial charge is 0.481 e. The van der Waals surface area contributed by atoms with Gasteiger partial charge >= 0.3 is 12.1 Å². The number of aliphatic carboxylic acids is 1. The fourth-order valence-corrected chi connectivity index (χ4v) is 4.65. The van der Waals surface area contributed by atoms with Gasteiger partial charge in [0.1, 0.15) is 11.8 Å². The van der Waals surface area contributed by atoms with Crippen LogP contribution in [0, 0.1) is 6.92 Å². The zero-order valence-corrected chi connectivity index (χ0v) is 21.1. The summed E-state index contributed by atoms with van der Waals surface area (Å²) < 4.78 is 7.06. The van der Waals surface area contributed by atoms with Crippen molar-refractivity contribution in [1.82, 2.24) is 15.0 Å². The number of nitrogens with one attached hydrogen (secondary N) is 1. The molecule has 1 fully saturated rings. The zero-order chi connectivity index (χ0) is 26.2. The predicted octanol–water partition coefficient (Wildman–Crippen LogP) is 6.32. The molecule has 1 saturated carbocycles. The molecule has 188 valence electrons. The number of aryl methyl sites for hydroxylation is 1. The third-order valence-electron chi connectivity index (χ3n) is 6.73. The lowest BCUT2D eigenvalue weighted by atomic mass is 9.94. The summed E-state index contributed by atoms with van der Waals surface area (Å²) >= 11 is 6.22. The number of carbonyl (C=O) groups excluding carboxylic acids is 1. The highest BCUT2D eigenvalue weighted by Crippen LogP contribution is 2.48. The molecule has 0 bridgehead atoms. The summed E-state index contributed by atoms with van der Waals surface area (Å²) in [5.41, 5.74) is 4.01. The lowest BCUT2D eigenvalue weighted by molar-refractivity contribution is -0.140. The molecule has 2 N–H and O–H groups in total. The minimum Gasteiger partial charge on any atom is -0.481 e. The lowest BCUT2D eigenvalue weighted by Gasteiger charge is -2.16. The second-order valence-electron chi connectivity index (χ2n) is 9.14. The number of anilines is 1. The molecule has 9 heteroatoms. The number of amides is 1. The standard InChI is InChI=1S/C28H25ClN4O4/c1-17-25(30-27(36)37-18(2)23-5-3-4-6-24(23)29)33(32-31-17)22-13-9-20(10-14-22)19-7-11-21(12-8-19)28(15-16-28)26(34)35/h3-14,18H,15-16H2,1-2H3,(H,30,36)(H,34,35)/t18-/m1/s1. The van der Waals surface area contributed by atoms with Crippen molar-refractivity contribution in [1.29, 1.82) is 0 Å². The summed E-state index contributed by atoms with van der Waals surface area (Å²) in [5, 5.41) is 21.1. The number of carbonyl (C=O) groups is 2. The highest BCUT2D eigenvalue weighted by molar-refractivity contribution is 6.31. The molecule has 1 aliphatic carbocycles. The van der Waals surface area contributed by atoms with Crippen LogP contribution in [0.1, 0.15) is 42.7 Å². The molecule has 1 heterocycles. The summed E-state index contributed by atoms with van der Waals surface area (Å²) in [4.78, 5) is 24.2. The molecule has 8 nitrogen and oxygen atoms in total. The fraction of sp³-hybridized carbons (Fsp3) is 0.214. The second-order valence-corrected chi connectivity index (χ2v) is 9.55. The number of rotatable bonds is 7. The van der Waals surface area contributed by atoms with E-state index in [0.717, 1.165) is 16.7 Å². The molecule has 1 amide bonds. The molecular weight excluding hydrogens is 492 g/mol. The van der Waals surface area contributed by atoms with E-state index in [2.05, 4.69) is 15.6 Å². The van der Waals surface area contributed by atoms with Gasteiger partial charge in [-0.25, -0.2) is 4.79 Å². The molecule has 3 aromatic carbocycles. The van der Waals surface area contributed by atoms with E-state index in [9.17, 15) is 14.7 Å². The van der Waals surface area contributed by atoms with E-state index in [1.165, 1.54) is 4.68 Å². The van der Waals surface area contributed by atoms with E-state index < -0.39 is 23.6 Å². The van der Waals surface area contributed by atoms with E-state index in [1.807, 2.05) is 66.7 Å². The Labute approximate surface area is 218 Å². The number of ether oxygens (including phenoxy) is 1. The van der Waals surface area contributed by atoms with Crippen LogP contribution in [0.3, 0.4) is 0 Å². The van der Waals surface area contributed by atoms with Gasteiger partial charge in [0.15, 0.2) is 5.82 Å². The van der Waals surface area contributed by atoms with Crippen molar-refractivity contribution in [3.63, 3.8) is 0 Å². The van der Waals surface area contributed by atoms with Crippen molar-refractivity contribution < 1.29 is 19.4 Å². The highest BCUT2D eigenvalue weighted by atomic mass is 35.5. The Bertz CT molecular complexity index is 1460. The minimum absolute atomic E-state index is 0.400. The molecular formula is C28H25ClN4O4. The van der Waals surface area contributed by atoms with E-state index in [1.54, 1.807) is 19.9 Å². The summed E-state index contributed by atoms with van der Waals surface area (Å²) in [6.45, 7) is 3.50. The van der Waals surface area contributed by atoms with Gasteiger partial charge in [0, 0.05) is 10.6 Å². The lowest BCUT2D eigenvalue weighted by Crippen LogP contribution is -2.19. The van der Waals surface area contributed by atoms with Gasteiger partial charge in [0.2, 0.25) is 0 Å².